The molecule has 0 fully saturated rings. The molecule has 4 nitrogen and oxygen atoms in total. The summed E-state index contributed by atoms with van der Waals surface area (Å²) < 4.78 is 0. The molecule has 3 aromatic rings. The monoisotopic (exact) mass is 399 g/mol. The third-order valence-corrected chi connectivity index (χ3v) is 4.91. The van der Waals surface area contributed by atoms with Crippen molar-refractivity contribution in [3.63, 3.8) is 0 Å². The van der Waals surface area contributed by atoms with E-state index in [-0.39, 0.29) is 5.91 Å². The largest absolute Gasteiger partial charge is 0.478 e. The first-order valence-electron chi connectivity index (χ1n) is 9.94. The lowest BCUT2D eigenvalue weighted by Gasteiger charge is -2.10. The van der Waals surface area contributed by atoms with Gasteiger partial charge in [-0.1, -0.05) is 61.0 Å². The van der Waals surface area contributed by atoms with Gasteiger partial charge in [-0.15, -0.1) is 0 Å². The normalized spacial score (nSPS) is 10.9. The molecule has 0 heterocycles. The minimum absolute atomic E-state index is 0.201. The molecular weight excluding hydrogens is 374 g/mol. The zero-order valence-electron chi connectivity index (χ0n) is 17.2. The number of aliphatic carboxylic acids is 1. The van der Waals surface area contributed by atoms with E-state index in [1.807, 2.05) is 55.5 Å². The van der Waals surface area contributed by atoms with Gasteiger partial charge < -0.3 is 10.4 Å². The Morgan fingerprint density at radius 1 is 0.900 bits per heavy atom. The van der Waals surface area contributed by atoms with E-state index in [0.29, 0.717) is 17.7 Å². The second-order valence-electron chi connectivity index (χ2n) is 7.23. The maximum atomic E-state index is 12.8. The molecular formula is C26H25NO3. The summed E-state index contributed by atoms with van der Waals surface area (Å²) in [5.74, 6) is -1.23. The highest BCUT2D eigenvalue weighted by Crippen LogP contribution is 2.24. The molecule has 0 unspecified atom stereocenters. The Morgan fingerprint density at radius 2 is 1.57 bits per heavy atom. The van der Waals surface area contributed by atoms with Crippen molar-refractivity contribution >= 4 is 18.0 Å². The van der Waals surface area contributed by atoms with Crippen LogP contribution in [0.5, 0.6) is 0 Å². The van der Waals surface area contributed by atoms with Gasteiger partial charge in [0.25, 0.3) is 5.91 Å². The fourth-order valence-corrected chi connectivity index (χ4v) is 3.14. The van der Waals surface area contributed by atoms with Gasteiger partial charge in [-0.05, 0) is 65.4 Å². The van der Waals surface area contributed by atoms with Crippen molar-refractivity contribution in [3.8, 4) is 11.1 Å². The molecule has 0 bridgehead atoms. The van der Waals surface area contributed by atoms with Gasteiger partial charge in [0.2, 0.25) is 0 Å². The van der Waals surface area contributed by atoms with Gasteiger partial charge in [-0.2, -0.15) is 0 Å². The minimum Gasteiger partial charge on any atom is -0.478 e. The van der Waals surface area contributed by atoms with Crippen LogP contribution in [0.4, 0.5) is 0 Å². The Kier molecular flexibility index (Phi) is 6.81. The summed E-state index contributed by atoms with van der Waals surface area (Å²) in [6, 6.07) is 21.6. The Hall–Kier alpha value is -3.66. The van der Waals surface area contributed by atoms with Gasteiger partial charge in [0.05, 0.1) is 0 Å². The lowest BCUT2D eigenvalue weighted by atomic mass is 9.98. The van der Waals surface area contributed by atoms with Crippen LogP contribution in [0, 0.1) is 6.92 Å². The number of carboxylic acids is 1. The summed E-state index contributed by atoms with van der Waals surface area (Å²) >= 11 is 0. The second-order valence-corrected chi connectivity index (χ2v) is 7.23. The predicted molar refractivity (Wildman–Crippen MR) is 120 cm³/mol. The number of hydrogen-bond acceptors (Lipinski definition) is 2. The molecule has 3 rings (SSSR count). The minimum atomic E-state index is -1.03. The molecule has 0 aliphatic rings. The third-order valence-electron chi connectivity index (χ3n) is 4.91. The standard InChI is InChI=1S/C26H25NO3/c1-3-19-8-11-22(12-9-19)23-14-21(10-13-25(28)29)15-24(16-23)26(30)27-17-20-6-4-18(2)5-7-20/h4-16H,3,17H2,1-2H3,(H,27,30)(H,28,29)/b13-10+. The number of benzene rings is 3. The van der Waals surface area contributed by atoms with E-state index in [4.69, 9.17) is 5.11 Å². The number of aryl methyl sites for hydroxylation is 2. The van der Waals surface area contributed by atoms with E-state index in [1.165, 1.54) is 17.2 Å². The van der Waals surface area contributed by atoms with Crippen LogP contribution in [0.3, 0.4) is 0 Å². The maximum absolute atomic E-state index is 12.8. The van der Waals surface area contributed by atoms with Crippen LogP contribution >= 0.6 is 0 Å². The Bertz CT molecular complexity index is 1060. The average molecular weight is 399 g/mol. The van der Waals surface area contributed by atoms with E-state index in [1.54, 1.807) is 6.07 Å². The summed E-state index contributed by atoms with van der Waals surface area (Å²) in [4.78, 5) is 23.7. The predicted octanol–water partition coefficient (Wildman–Crippen LogP) is 5.25. The second kappa shape index (κ2) is 9.70. The topological polar surface area (TPSA) is 66.4 Å². The quantitative estimate of drug-likeness (QED) is 0.533. The van der Waals surface area contributed by atoms with Crippen LogP contribution in [-0.2, 0) is 17.8 Å². The Morgan fingerprint density at radius 3 is 2.20 bits per heavy atom. The number of nitrogens with one attached hydrogen (secondary N) is 1. The van der Waals surface area contributed by atoms with E-state index >= 15 is 0 Å². The molecule has 3 aromatic carbocycles. The van der Waals surface area contributed by atoms with Crippen molar-refractivity contribution in [1.82, 2.24) is 5.32 Å². The van der Waals surface area contributed by atoms with Gasteiger partial charge in [-0.3, -0.25) is 4.79 Å². The van der Waals surface area contributed by atoms with Crippen molar-refractivity contribution in [2.24, 2.45) is 0 Å². The summed E-state index contributed by atoms with van der Waals surface area (Å²) in [6.07, 6.45) is 3.53. The molecule has 0 saturated heterocycles. The lowest BCUT2D eigenvalue weighted by molar-refractivity contribution is -0.131. The molecule has 4 heteroatoms. The van der Waals surface area contributed by atoms with Crippen LogP contribution in [-0.4, -0.2) is 17.0 Å². The highest BCUT2D eigenvalue weighted by Gasteiger charge is 2.10. The fraction of sp³-hybridized carbons (Fsp3) is 0.154. The summed E-state index contributed by atoms with van der Waals surface area (Å²) in [5.41, 5.74) is 6.42. The van der Waals surface area contributed by atoms with E-state index in [9.17, 15) is 9.59 Å². The molecule has 0 aliphatic heterocycles. The summed E-state index contributed by atoms with van der Waals surface area (Å²) in [5, 5.41) is 11.9. The molecule has 0 aliphatic carbocycles. The highest BCUT2D eigenvalue weighted by molar-refractivity contribution is 5.96. The van der Waals surface area contributed by atoms with Gasteiger partial charge in [0.1, 0.15) is 0 Å². The highest BCUT2D eigenvalue weighted by atomic mass is 16.4. The number of carboxylic acid groups (broad SMARTS) is 1. The summed E-state index contributed by atoms with van der Waals surface area (Å²) in [6.45, 7) is 4.55. The van der Waals surface area contributed by atoms with Gasteiger partial charge in [-0.25, -0.2) is 4.79 Å². The summed E-state index contributed by atoms with van der Waals surface area (Å²) in [7, 11) is 0. The van der Waals surface area contributed by atoms with Gasteiger partial charge in [0.15, 0.2) is 0 Å². The van der Waals surface area contributed by atoms with Crippen LogP contribution in [0.15, 0.2) is 72.8 Å². The van der Waals surface area contributed by atoms with Gasteiger partial charge in [0, 0.05) is 18.2 Å². The fourth-order valence-electron chi connectivity index (χ4n) is 3.14. The van der Waals surface area contributed by atoms with Crippen LogP contribution < -0.4 is 5.32 Å². The third kappa shape index (κ3) is 5.67. The van der Waals surface area contributed by atoms with E-state index in [0.717, 1.165) is 29.2 Å². The number of carbonyl (C=O) groups is 2. The van der Waals surface area contributed by atoms with Gasteiger partial charge >= 0.3 is 5.97 Å². The van der Waals surface area contributed by atoms with E-state index in [2.05, 4.69) is 24.4 Å². The molecule has 0 saturated carbocycles. The number of amides is 1. The van der Waals surface area contributed by atoms with Crippen LogP contribution in [0.25, 0.3) is 17.2 Å². The van der Waals surface area contributed by atoms with Crippen molar-refractivity contribution in [2.75, 3.05) is 0 Å². The first kappa shape index (κ1) is 21.1. The first-order chi connectivity index (χ1) is 14.4. The van der Waals surface area contributed by atoms with Crippen LogP contribution in [0.1, 0.15) is 39.5 Å². The molecule has 30 heavy (non-hydrogen) atoms. The number of rotatable bonds is 7. The Labute approximate surface area is 176 Å². The maximum Gasteiger partial charge on any atom is 0.328 e. The lowest BCUT2D eigenvalue weighted by Crippen LogP contribution is -2.22. The first-order valence-corrected chi connectivity index (χ1v) is 9.94. The molecule has 0 atom stereocenters. The van der Waals surface area contributed by atoms with Crippen molar-refractivity contribution in [1.29, 1.82) is 0 Å². The zero-order chi connectivity index (χ0) is 21.5. The molecule has 0 aromatic heterocycles. The van der Waals surface area contributed by atoms with Crippen molar-refractivity contribution in [3.05, 3.63) is 101 Å². The molecule has 1 amide bonds. The molecule has 0 spiro atoms. The van der Waals surface area contributed by atoms with Crippen molar-refractivity contribution in [2.45, 2.75) is 26.8 Å². The van der Waals surface area contributed by atoms with Crippen molar-refractivity contribution < 1.29 is 14.7 Å². The number of hydrogen-bond donors (Lipinski definition) is 2. The molecule has 2 N–H and O–H groups in total. The SMILES string of the molecule is CCc1ccc(-c2cc(/C=C/C(=O)O)cc(C(=O)NCc3ccc(C)cc3)c2)cc1. The number of carbonyl (C=O) groups excluding carboxylic acids is 1. The molecule has 0 radical (unpaired) electrons. The molecule has 152 valence electrons. The van der Waals surface area contributed by atoms with E-state index < -0.39 is 5.97 Å². The Balaban J connectivity index is 1.89. The zero-order valence-corrected chi connectivity index (χ0v) is 17.2. The smallest absolute Gasteiger partial charge is 0.328 e. The average Bonchev–Trinajstić information content (AvgIpc) is 2.77. The van der Waals surface area contributed by atoms with Crippen LogP contribution in [0.2, 0.25) is 0 Å².